The number of alkyl halides is 1. The summed E-state index contributed by atoms with van der Waals surface area (Å²) in [5.41, 5.74) is 1.75. The van der Waals surface area contributed by atoms with E-state index in [9.17, 15) is 9.50 Å². The van der Waals surface area contributed by atoms with Gasteiger partial charge in [-0.25, -0.2) is 9.37 Å². The molecule has 156 valence electrons. The summed E-state index contributed by atoms with van der Waals surface area (Å²) in [6.45, 7) is 1.76. The van der Waals surface area contributed by atoms with Gasteiger partial charge in [-0.2, -0.15) is 0 Å². The number of phenols is 1. The van der Waals surface area contributed by atoms with Crippen LogP contribution in [0.2, 0.25) is 0 Å². The molecule has 0 aliphatic carbocycles. The minimum Gasteiger partial charge on any atom is -0.507 e. The zero-order chi connectivity index (χ0) is 20.7. The fraction of sp³-hybridized carbons (Fsp3) is 0.409. The Labute approximate surface area is 173 Å². The SMILES string of the molecule is Cc1ncc(-c2ccc(-c3ccc(O[C@@H]4C[C@H]5CCC[C@H](N5)[C@@H]4F)nn3)c(O)c2)o1. The minimum atomic E-state index is -1.06. The van der Waals surface area contributed by atoms with Gasteiger partial charge in [-0.3, -0.25) is 0 Å². The normalized spacial score (nSPS) is 25.8. The van der Waals surface area contributed by atoms with Gasteiger partial charge in [0, 0.05) is 42.6 Å². The summed E-state index contributed by atoms with van der Waals surface area (Å²) in [5.74, 6) is 1.48. The Hall–Kier alpha value is -3.00. The Morgan fingerprint density at radius 2 is 2.10 bits per heavy atom. The van der Waals surface area contributed by atoms with Crippen molar-refractivity contribution in [2.24, 2.45) is 0 Å². The van der Waals surface area contributed by atoms with Gasteiger partial charge in [0.15, 0.2) is 17.8 Å². The first-order chi connectivity index (χ1) is 14.6. The van der Waals surface area contributed by atoms with E-state index in [1.54, 1.807) is 37.4 Å². The zero-order valence-corrected chi connectivity index (χ0v) is 16.6. The second-order valence-corrected chi connectivity index (χ2v) is 7.97. The van der Waals surface area contributed by atoms with Gasteiger partial charge in [0.25, 0.3) is 0 Å². The number of piperidine rings is 2. The van der Waals surface area contributed by atoms with Gasteiger partial charge in [-0.15, -0.1) is 10.2 Å². The average Bonchev–Trinajstić information content (AvgIpc) is 3.19. The molecular weight excluding hydrogens is 387 g/mol. The number of benzene rings is 1. The summed E-state index contributed by atoms with van der Waals surface area (Å²) in [6, 6.07) is 8.71. The van der Waals surface area contributed by atoms with Crippen LogP contribution in [0.3, 0.4) is 0 Å². The van der Waals surface area contributed by atoms with E-state index in [1.165, 1.54) is 0 Å². The van der Waals surface area contributed by atoms with Crippen LogP contribution in [0.5, 0.6) is 11.6 Å². The molecule has 7 nitrogen and oxygen atoms in total. The first-order valence-electron chi connectivity index (χ1n) is 10.2. The molecule has 8 heteroatoms. The van der Waals surface area contributed by atoms with Crippen molar-refractivity contribution in [1.29, 1.82) is 0 Å². The highest BCUT2D eigenvalue weighted by molar-refractivity contribution is 5.72. The molecule has 4 atom stereocenters. The largest absolute Gasteiger partial charge is 0.507 e. The first-order valence-corrected chi connectivity index (χ1v) is 10.2. The lowest BCUT2D eigenvalue weighted by atomic mass is 9.84. The van der Waals surface area contributed by atoms with Crippen LogP contribution in [-0.2, 0) is 0 Å². The molecule has 1 aromatic carbocycles. The molecule has 0 radical (unpaired) electrons. The minimum absolute atomic E-state index is 0.0551. The number of aromatic nitrogens is 3. The summed E-state index contributed by atoms with van der Waals surface area (Å²) < 4.78 is 26.0. The van der Waals surface area contributed by atoms with Crippen molar-refractivity contribution in [3.8, 4) is 34.2 Å². The van der Waals surface area contributed by atoms with Gasteiger partial charge in [0.05, 0.1) is 11.9 Å². The number of fused-ring (bicyclic) bond motifs is 2. The molecule has 0 saturated carbocycles. The van der Waals surface area contributed by atoms with Gasteiger partial charge in [0.1, 0.15) is 11.9 Å². The van der Waals surface area contributed by atoms with Crippen molar-refractivity contribution in [1.82, 2.24) is 20.5 Å². The maximum Gasteiger partial charge on any atom is 0.233 e. The zero-order valence-electron chi connectivity index (χ0n) is 16.6. The standard InChI is InChI=1S/C22H23FN4O3/c1-12-24-11-20(29-12)13-5-6-15(18(28)9-13)16-7-8-21(27-26-16)30-19-10-14-3-2-4-17(25-14)22(19)23/h5-9,11,14,17,19,22,25,28H,2-4,10H2,1H3/t14-,17+,19-,22+/m1/s1. The van der Waals surface area contributed by atoms with Gasteiger partial charge < -0.3 is 19.6 Å². The molecule has 0 unspecified atom stereocenters. The summed E-state index contributed by atoms with van der Waals surface area (Å²) in [4.78, 5) is 4.07. The molecule has 30 heavy (non-hydrogen) atoms. The Balaban J connectivity index is 1.31. The number of phenolic OH excluding ortho intramolecular Hbond substituents is 1. The molecule has 5 rings (SSSR count). The topological polar surface area (TPSA) is 93.3 Å². The maximum atomic E-state index is 14.7. The average molecular weight is 410 g/mol. The number of hydrogen-bond donors (Lipinski definition) is 2. The highest BCUT2D eigenvalue weighted by Gasteiger charge is 2.41. The number of rotatable bonds is 4. The van der Waals surface area contributed by atoms with Crippen LogP contribution in [0.15, 0.2) is 40.9 Å². The molecule has 2 N–H and O–H groups in total. The lowest BCUT2D eigenvalue weighted by molar-refractivity contribution is 0.00652. The fourth-order valence-electron chi connectivity index (χ4n) is 4.35. The maximum absolute atomic E-state index is 14.7. The van der Waals surface area contributed by atoms with Crippen molar-refractivity contribution < 1.29 is 18.7 Å². The quantitative estimate of drug-likeness (QED) is 0.675. The van der Waals surface area contributed by atoms with Crippen molar-refractivity contribution in [3.63, 3.8) is 0 Å². The molecule has 3 aromatic rings. The molecule has 0 amide bonds. The van der Waals surface area contributed by atoms with E-state index >= 15 is 0 Å². The Kier molecular flexibility index (Phi) is 4.86. The van der Waals surface area contributed by atoms with E-state index in [0.717, 1.165) is 24.8 Å². The molecular formula is C22H23FN4O3. The number of aryl methyl sites for hydroxylation is 1. The van der Waals surface area contributed by atoms with Gasteiger partial charge in [0.2, 0.25) is 5.88 Å². The number of oxazole rings is 1. The predicted molar refractivity (Wildman–Crippen MR) is 108 cm³/mol. The van der Waals surface area contributed by atoms with Crippen molar-refractivity contribution >= 4 is 0 Å². The van der Waals surface area contributed by atoms with Crippen LogP contribution in [0.25, 0.3) is 22.6 Å². The molecule has 2 aliphatic heterocycles. The lowest BCUT2D eigenvalue weighted by Crippen LogP contribution is -2.59. The molecule has 0 spiro atoms. The van der Waals surface area contributed by atoms with E-state index < -0.39 is 12.3 Å². The first kappa shape index (κ1) is 19.0. The second kappa shape index (κ2) is 7.68. The lowest BCUT2D eigenvalue weighted by Gasteiger charge is -2.42. The van der Waals surface area contributed by atoms with Crippen LogP contribution in [0.4, 0.5) is 4.39 Å². The molecule has 2 aliphatic rings. The number of hydrogen-bond acceptors (Lipinski definition) is 7. The molecule has 2 fully saturated rings. The van der Waals surface area contributed by atoms with Gasteiger partial charge in [-0.1, -0.05) is 12.5 Å². The summed E-state index contributed by atoms with van der Waals surface area (Å²) in [6.07, 6.45) is 3.62. The van der Waals surface area contributed by atoms with Crippen LogP contribution >= 0.6 is 0 Å². The summed E-state index contributed by atoms with van der Waals surface area (Å²) in [5, 5.41) is 22.1. The second-order valence-electron chi connectivity index (χ2n) is 7.97. The van der Waals surface area contributed by atoms with Crippen molar-refractivity contribution in [3.05, 3.63) is 42.4 Å². The highest BCUT2D eigenvalue weighted by Crippen LogP contribution is 2.34. The third-order valence-corrected chi connectivity index (χ3v) is 5.87. The van der Waals surface area contributed by atoms with Crippen LogP contribution in [-0.4, -0.2) is 44.6 Å². The smallest absolute Gasteiger partial charge is 0.233 e. The van der Waals surface area contributed by atoms with E-state index in [-0.39, 0.29) is 11.8 Å². The number of nitrogens with zero attached hydrogens (tertiary/aromatic N) is 3. The fourth-order valence-corrected chi connectivity index (χ4v) is 4.35. The number of ether oxygens (including phenoxy) is 1. The number of aromatic hydroxyl groups is 1. The number of nitrogens with one attached hydrogen (secondary N) is 1. The van der Waals surface area contributed by atoms with E-state index in [1.807, 2.05) is 6.07 Å². The van der Waals surface area contributed by atoms with Crippen LogP contribution < -0.4 is 10.1 Å². The molecule has 2 saturated heterocycles. The Morgan fingerprint density at radius 1 is 1.20 bits per heavy atom. The van der Waals surface area contributed by atoms with Crippen LogP contribution in [0.1, 0.15) is 31.6 Å². The van der Waals surface area contributed by atoms with Crippen molar-refractivity contribution in [2.75, 3.05) is 0 Å². The van der Waals surface area contributed by atoms with Gasteiger partial charge >= 0.3 is 0 Å². The third-order valence-electron chi connectivity index (χ3n) is 5.87. The summed E-state index contributed by atoms with van der Waals surface area (Å²) >= 11 is 0. The predicted octanol–water partition coefficient (Wildman–Crippen LogP) is 3.81. The van der Waals surface area contributed by atoms with Gasteiger partial charge in [-0.05, 0) is 31.0 Å². The van der Waals surface area contributed by atoms with Crippen molar-refractivity contribution in [2.45, 2.75) is 57.0 Å². The monoisotopic (exact) mass is 410 g/mol. The Morgan fingerprint density at radius 3 is 2.83 bits per heavy atom. The molecule has 2 aromatic heterocycles. The Bertz CT molecular complexity index is 1040. The van der Waals surface area contributed by atoms with Crippen LogP contribution in [0, 0.1) is 6.92 Å². The molecule has 2 bridgehead atoms. The van der Waals surface area contributed by atoms with E-state index in [2.05, 4.69) is 20.5 Å². The summed E-state index contributed by atoms with van der Waals surface area (Å²) in [7, 11) is 0. The van der Waals surface area contributed by atoms with E-state index in [4.69, 9.17) is 9.15 Å². The number of halogens is 1. The molecule has 4 heterocycles. The highest BCUT2D eigenvalue weighted by atomic mass is 19.1. The third kappa shape index (κ3) is 3.63. The van der Waals surface area contributed by atoms with E-state index in [0.29, 0.717) is 41.3 Å².